The molecular formula is C12H16FNO. The number of aliphatic hydroxyl groups is 1. The molecule has 2 rings (SSSR count). The maximum atomic E-state index is 13.2. The highest BCUT2D eigenvalue weighted by Crippen LogP contribution is 2.20. The van der Waals surface area contributed by atoms with Crippen LogP contribution in [0.2, 0.25) is 0 Å². The summed E-state index contributed by atoms with van der Waals surface area (Å²) in [5.74, 6) is -0.150. The summed E-state index contributed by atoms with van der Waals surface area (Å²) in [4.78, 5) is 0. The van der Waals surface area contributed by atoms with Crippen molar-refractivity contribution in [3.8, 4) is 0 Å². The molecular weight excluding hydrogens is 193 g/mol. The molecule has 0 saturated heterocycles. The van der Waals surface area contributed by atoms with Crippen molar-refractivity contribution < 1.29 is 9.50 Å². The fourth-order valence-corrected chi connectivity index (χ4v) is 1.76. The summed E-state index contributed by atoms with van der Waals surface area (Å²) in [6.07, 6.45) is 1.49. The predicted octanol–water partition coefficient (Wildman–Crippen LogP) is 1.75. The van der Waals surface area contributed by atoms with Gasteiger partial charge in [0.25, 0.3) is 0 Å². The van der Waals surface area contributed by atoms with E-state index in [0.717, 1.165) is 18.4 Å². The third kappa shape index (κ3) is 2.55. The van der Waals surface area contributed by atoms with E-state index in [-0.39, 0.29) is 11.9 Å². The summed E-state index contributed by atoms with van der Waals surface area (Å²) >= 11 is 0. The van der Waals surface area contributed by atoms with Crippen molar-refractivity contribution in [1.29, 1.82) is 0 Å². The lowest BCUT2D eigenvalue weighted by Gasteiger charge is -2.32. The van der Waals surface area contributed by atoms with Gasteiger partial charge in [-0.15, -0.1) is 0 Å². The smallest absolute Gasteiger partial charge is 0.126 e. The van der Waals surface area contributed by atoms with Crippen LogP contribution < -0.4 is 5.32 Å². The van der Waals surface area contributed by atoms with Gasteiger partial charge >= 0.3 is 0 Å². The summed E-state index contributed by atoms with van der Waals surface area (Å²) in [5, 5.41) is 12.4. The zero-order valence-corrected chi connectivity index (χ0v) is 8.83. The van der Waals surface area contributed by atoms with Gasteiger partial charge in [0.15, 0.2) is 0 Å². The molecule has 0 unspecified atom stereocenters. The van der Waals surface area contributed by atoms with Gasteiger partial charge in [-0.25, -0.2) is 4.39 Å². The van der Waals surface area contributed by atoms with Gasteiger partial charge in [-0.05, 0) is 37.0 Å². The number of halogens is 1. The van der Waals surface area contributed by atoms with Crippen LogP contribution in [0.15, 0.2) is 18.2 Å². The minimum absolute atomic E-state index is 0.141. The number of aryl methyl sites for hydroxylation is 1. The quantitative estimate of drug-likeness (QED) is 0.795. The van der Waals surface area contributed by atoms with Crippen molar-refractivity contribution >= 4 is 0 Å². The minimum Gasteiger partial charge on any atom is -0.393 e. The average Bonchev–Trinajstić information content (AvgIpc) is 2.16. The van der Waals surface area contributed by atoms with Gasteiger partial charge in [0.2, 0.25) is 0 Å². The van der Waals surface area contributed by atoms with Gasteiger partial charge in [0.1, 0.15) is 5.82 Å². The third-order valence-corrected chi connectivity index (χ3v) is 2.94. The molecule has 1 aliphatic rings. The second-order valence-electron chi connectivity index (χ2n) is 4.29. The van der Waals surface area contributed by atoms with E-state index in [9.17, 15) is 4.39 Å². The van der Waals surface area contributed by atoms with Crippen molar-refractivity contribution in [1.82, 2.24) is 5.32 Å². The van der Waals surface area contributed by atoms with E-state index in [2.05, 4.69) is 5.32 Å². The second-order valence-corrected chi connectivity index (χ2v) is 4.29. The van der Waals surface area contributed by atoms with Gasteiger partial charge < -0.3 is 10.4 Å². The maximum absolute atomic E-state index is 13.2. The molecule has 1 aromatic rings. The first-order valence-electron chi connectivity index (χ1n) is 5.31. The molecule has 15 heavy (non-hydrogen) atoms. The fourth-order valence-electron chi connectivity index (χ4n) is 1.76. The molecule has 0 radical (unpaired) electrons. The van der Waals surface area contributed by atoms with Gasteiger partial charge in [-0.1, -0.05) is 12.1 Å². The van der Waals surface area contributed by atoms with Crippen LogP contribution in [-0.2, 0) is 6.54 Å². The van der Waals surface area contributed by atoms with E-state index in [4.69, 9.17) is 5.11 Å². The van der Waals surface area contributed by atoms with Crippen LogP contribution in [0.5, 0.6) is 0 Å². The zero-order chi connectivity index (χ0) is 10.8. The zero-order valence-electron chi connectivity index (χ0n) is 8.83. The molecule has 1 aliphatic carbocycles. The van der Waals surface area contributed by atoms with E-state index in [0.29, 0.717) is 18.2 Å². The van der Waals surface area contributed by atoms with Crippen molar-refractivity contribution in [2.45, 2.75) is 38.5 Å². The molecule has 2 N–H and O–H groups in total. The molecule has 0 heterocycles. The van der Waals surface area contributed by atoms with Gasteiger partial charge in [-0.2, -0.15) is 0 Å². The minimum atomic E-state index is -0.150. The summed E-state index contributed by atoms with van der Waals surface area (Å²) in [7, 11) is 0. The first-order valence-corrected chi connectivity index (χ1v) is 5.31. The second kappa shape index (κ2) is 4.29. The lowest BCUT2D eigenvalue weighted by Crippen LogP contribution is -2.43. The SMILES string of the molecule is Cc1ccc(CNC2CC(O)C2)cc1F. The van der Waals surface area contributed by atoms with Crippen molar-refractivity contribution in [3.63, 3.8) is 0 Å². The topological polar surface area (TPSA) is 32.3 Å². The Morgan fingerprint density at radius 3 is 2.80 bits per heavy atom. The molecule has 0 spiro atoms. The standard InChI is InChI=1S/C12H16FNO/c1-8-2-3-9(4-12(8)13)7-14-10-5-11(15)6-10/h2-4,10-11,14-15H,5-7H2,1H3. The summed E-state index contributed by atoms with van der Waals surface area (Å²) in [6, 6.07) is 5.68. The Labute approximate surface area is 89.1 Å². The molecule has 82 valence electrons. The van der Waals surface area contributed by atoms with E-state index in [1.807, 2.05) is 6.07 Å². The summed E-state index contributed by atoms with van der Waals surface area (Å²) < 4.78 is 13.2. The highest BCUT2D eigenvalue weighted by molar-refractivity contribution is 5.23. The Balaban J connectivity index is 1.86. The number of rotatable bonds is 3. The van der Waals surface area contributed by atoms with Crippen LogP contribution in [0.3, 0.4) is 0 Å². The first-order chi connectivity index (χ1) is 7.15. The Morgan fingerprint density at radius 2 is 2.20 bits per heavy atom. The van der Waals surface area contributed by atoms with E-state index < -0.39 is 0 Å². The molecule has 2 nitrogen and oxygen atoms in total. The molecule has 0 bridgehead atoms. The highest BCUT2D eigenvalue weighted by atomic mass is 19.1. The number of hydrogen-bond donors (Lipinski definition) is 2. The van der Waals surface area contributed by atoms with Gasteiger partial charge in [-0.3, -0.25) is 0 Å². The third-order valence-electron chi connectivity index (χ3n) is 2.94. The van der Waals surface area contributed by atoms with Crippen LogP contribution in [-0.4, -0.2) is 17.3 Å². The fraction of sp³-hybridized carbons (Fsp3) is 0.500. The summed E-state index contributed by atoms with van der Waals surface area (Å²) in [5.41, 5.74) is 1.64. The number of nitrogens with one attached hydrogen (secondary N) is 1. The molecule has 0 amide bonds. The van der Waals surface area contributed by atoms with Crippen molar-refractivity contribution in [3.05, 3.63) is 35.1 Å². The molecule has 1 aromatic carbocycles. The van der Waals surface area contributed by atoms with Gasteiger partial charge in [0, 0.05) is 12.6 Å². The number of hydrogen-bond acceptors (Lipinski definition) is 2. The lowest BCUT2D eigenvalue weighted by atomic mass is 9.89. The molecule has 0 aromatic heterocycles. The lowest BCUT2D eigenvalue weighted by molar-refractivity contribution is 0.0619. The maximum Gasteiger partial charge on any atom is 0.126 e. The molecule has 1 fully saturated rings. The average molecular weight is 209 g/mol. The van der Waals surface area contributed by atoms with Crippen LogP contribution in [0.1, 0.15) is 24.0 Å². The molecule has 0 atom stereocenters. The molecule has 0 aliphatic heterocycles. The van der Waals surface area contributed by atoms with Crippen LogP contribution in [0, 0.1) is 12.7 Å². The number of aliphatic hydroxyl groups excluding tert-OH is 1. The van der Waals surface area contributed by atoms with E-state index in [1.54, 1.807) is 19.1 Å². The van der Waals surface area contributed by atoms with Crippen molar-refractivity contribution in [2.75, 3.05) is 0 Å². The van der Waals surface area contributed by atoms with E-state index >= 15 is 0 Å². The van der Waals surface area contributed by atoms with E-state index in [1.165, 1.54) is 0 Å². The predicted molar refractivity (Wildman–Crippen MR) is 57.0 cm³/mol. The number of benzene rings is 1. The Kier molecular flexibility index (Phi) is 3.03. The van der Waals surface area contributed by atoms with Gasteiger partial charge in [0.05, 0.1) is 6.10 Å². The Hall–Kier alpha value is -0.930. The van der Waals surface area contributed by atoms with Crippen LogP contribution in [0.4, 0.5) is 4.39 Å². The van der Waals surface area contributed by atoms with Crippen LogP contribution >= 0.6 is 0 Å². The first kappa shape index (κ1) is 10.6. The Bertz CT molecular complexity index is 347. The normalized spacial score (nSPS) is 25.0. The van der Waals surface area contributed by atoms with Crippen molar-refractivity contribution in [2.24, 2.45) is 0 Å². The summed E-state index contributed by atoms with van der Waals surface area (Å²) in [6.45, 7) is 2.43. The molecule has 3 heteroatoms. The Morgan fingerprint density at radius 1 is 1.47 bits per heavy atom. The van der Waals surface area contributed by atoms with Crippen LogP contribution in [0.25, 0.3) is 0 Å². The molecule has 1 saturated carbocycles. The highest BCUT2D eigenvalue weighted by Gasteiger charge is 2.26. The monoisotopic (exact) mass is 209 g/mol. The largest absolute Gasteiger partial charge is 0.393 e.